The number of fused-ring (bicyclic) bond motifs is 9. The van der Waals surface area contributed by atoms with Gasteiger partial charge in [-0.15, -0.1) is 11.3 Å². The zero-order valence-electron chi connectivity index (χ0n) is 46.0. The van der Waals surface area contributed by atoms with E-state index in [4.69, 9.17) is 24.9 Å². The van der Waals surface area contributed by atoms with Crippen LogP contribution in [0.15, 0.2) is 170 Å². The first-order valence-electron chi connectivity index (χ1n) is 27.4. The van der Waals surface area contributed by atoms with Crippen LogP contribution in [-0.4, -0.2) is 33.7 Å². The largest absolute Gasteiger partial charge is 0.287 e. The van der Waals surface area contributed by atoms with E-state index in [0.717, 1.165) is 104 Å². The third-order valence-corrected chi connectivity index (χ3v) is 16.6. The van der Waals surface area contributed by atoms with E-state index in [-0.39, 0.29) is 10.8 Å². The number of pyridine rings is 1. The molecule has 13 aromatic rings. The lowest BCUT2D eigenvalue weighted by molar-refractivity contribution is 0.539. The van der Waals surface area contributed by atoms with Crippen LogP contribution in [0.2, 0.25) is 0 Å². The summed E-state index contributed by atoms with van der Waals surface area (Å²) in [6.07, 6.45) is 9.80. The topological polar surface area (TPSA) is 73.3 Å². The average molecular weight is 1030 g/mol. The van der Waals surface area contributed by atoms with Crippen LogP contribution in [0.1, 0.15) is 92.4 Å². The molecule has 6 heterocycles. The summed E-state index contributed by atoms with van der Waals surface area (Å²) in [7, 11) is 0. The number of nitrogens with zero attached hydrogens (tertiary/aromatic N) is 7. The van der Waals surface area contributed by atoms with Crippen molar-refractivity contribution >= 4 is 64.6 Å². The second kappa shape index (κ2) is 19.0. The summed E-state index contributed by atoms with van der Waals surface area (Å²) in [5, 5.41) is 4.80. The Morgan fingerprint density at radius 3 is 1.53 bits per heavy atom. The standard InChI is InChI=1S/C70H63N7S/c1-42-18-25-50(37-59(42)49-26-30-56-55-16-12-13-17-63(55)78-64(56)38-49)60-31-27-51(39-71-60)53-14-10-11-15-54(53)52-33-47(21-19-45-23-28-57-61(35-45)74-67(69(4,5)6)76-40-43(2)72-65(57)76)32-48(34-52)22-20-46-24-29-58-62(36-46)75-68(70(7,8)9)77-41-44(3)73-66(58)77/h10-18,23-41H,19-22H2,1-9H3. The molecule has 6 aromatic heterocycles. The Morgan fingerprint density at radius 2 is 0.936 bits per heavy atom. The molecule has 0 bridgehead atoms. The SMILES string of the molecule is Cc1cn2c(C(C)(C)C)nc3cc(CCc4cc(CCc5ccc6c(c5)nc(C(C)(C)C)n5cc(C)nc65)cc(-c5ccccc5-c5ccc(-c6ccc(C)c(-c7ccc8c(c7)sc7ccccc78)c6)nc5)c4)ccc3c2n1. The van der Waals surface area contributed by atoms with Crippen LogP contribution < -0.4 is 0 Å². The lowest BCUT2D eigenvalue weighted by Gasteiger charge is -2.20. The number of benzene rings is 7. The molecule has 0 aliphatic carbocycles. The fraction of sp³-hybridized carbons (Fsp3) is 0.214. The molecule has 8 heteroatoms. The second-order valence-corrected chi connectivity index (χ2v) is 24.7. The molecule has 0 aliphatic rings. The molecule has 78 heavy (non-hydrogen) atoms. The molecule has 7 nitrogen and oxygen atoms in total. The van der Waals surface area contributed by atoms with E-state index < -0.39 is 0 Å². The minimum atomic E-state index is -0.146. The van der Waals surface area contributed by atoms with Gasteiger partial charge in [-0.05, 0) is 151 Å². The van der Waals surface area contributed by atoms with E-state index in [2.05, 4.69) is 241 Å². The summed E-state index contributed by atoms with van der Waals surface area (Å²) in [5.74, 6) is 2.04. The fourth-order valence-corrected chi connectivity index (χ4v) is 12.7. The Morgan fingerprint density at radius 1 is 0.410 bits per heavy atom. The maximum atomic E-state index is 5.28. The van der Waals surface area contributed by atoms with Crippen molar-refractivity contribution in [3.8, 4) is 44.6 Å². The molecule has 0 atom stereocenters. The van der Waals surface area contributed by atoms with Crippen molar-refractivity contribution in [1.82, 2.24) is 33.7 Å². The lowest BCUT2D eigenvalue weighted by Crippen LogP contribution is -2.18. The van der Waals surface area contributed by atoms with Crippen molar-refractivity contribution < 1.29 is 0 Å². The number of rotatable bonds is 10. The lowest BCUT2D eigenvalue weighted by atomic mass is 9.90. The van der Waals surface area contributed by atoms with Gasteiger partial charge >= 0.3 is 0 Å². The van der Waals surface area contributed by atoms with Gasteiger partial charge in [0.25, 0.3) is 0 Å². The monoisotopic (exact) mass is 1030 g/mol. The van der Waals surface area contributed by atoms with Crippen LogP contribution in [0, 0.1) is 20.8 Å². The van der Waals surface area contributed by atoms with Gasteiger partial charge in [-0.25, -0.2) is 19.9 Å². The van der Waals surface area contributed by atoms with Gasteiger partial charge < -0.3 is 0 Å². The van der Waals surface area contributed by atoms with Gasteiger partial charge in [0.1, 0.15) is 22.9 Å². The highest BCUT2D eigenvalue weighted by Crippen LogP contribution is 2.40. The molecule has 0 spiro atoms. The Balaban J connectivity index is 0.834. The fourth-order valence-electron chi connectivity index (χ4n) is 11.6. The first-order valence-corrected chi connectivity index (χ1v) is 28.2. The maximum absolute atomic E-state index is 5.28. The van der Waals surface area contributed by atoms with E-state index in [1.165, 1.54) is 70.2 Å². The summed E-state index contributed by atoms with van der Waals surface area (Å²) in [5.41, 5.74) is 21.2. The van der Waals surface area contributed by atoms with Crippen LogP contribution in [0.5, 0.6) is 0 Å². The quantitative estimate of drug-likeness (QED) is 0.136. The molecule has 0 fully saturated rings. The van der Waals surface area contributed by atoms with Crippen LogP contribution in [0.25, 0.3) is 97.9 Å². The maximum Gasteiger partial charge on any atom is 0.147 e. The number of aryl methyl sites for hydroxylation is 7. The normalized spacial score (nSPS) is 12.4. The van der Waals surface area contributed by atoms with Crippen molar-refractivity contribution in [2.24, 2.45) is 0 Å². The van der Waals surface area contributed by atoms with Gasteiger partial charge in [0.15, 0.2) is 0 Å². The Labute approximate surface area is 460 Å². The molecule has 0 aliphatic heterocycles. The van der Waals surface area contributed by atoms with Gasteiger partial charge in [0, 0.05) is 71.5 Å². The van der Waals surface area contributed by atoms with Crippen molar-refractivity contribution in [1.29, 1.82) is 0 Å². The van der Waals surface area contributed by atoms with E-state index in [1.807, 2.05) is 11.3 Å². The Hall–Kier alpha value is -8.33. The van der Waals surface area contributed by atoms with E-state index in [0.29, 0.717) is 0 Å². The highest BCUT2D eigenvalue weighted by atomic mass is 32.1. The first-order chi connectivity index (χ1) is 37.6. The van der Waals surface area contributed by atoms with Crippen LogP contribution in [0.3, 0.4) is 0 Å². The van der Waals surface area contributed by atoms with Crippen molar-refractivity contribution in [3.05, 3.63) is 221 Å². The van der Waals surface area contributed by atoms with Crippen molar-refractivity contribution in [3.63, 3.8) is 0 Å². The third-order valence-electron chi connectivity index (χ3n) is 15.5. The number of aromatic nitrogens is 7. The minimum Gasteiger partial charge on any atom is -0.287 e. The molecular weight excluding hydrogens is 971 g/mol. The smallest absolute Gasteiger partial charge is 0.147 e. The average Bonchev–Trinajstić information content (AvgIpc) is 4.22. The molecule has 0 N–H and O–H groups in total. The van der Waals surface area contributed by atoms with E-state index in [1.54, 1.807) is 0 Å². The summed E-state index contributed by atoms with van der Waals surface area (Å²) >= 11 is 1.86. The van der Waals surface area contributed by atoms with Gasteiger partial charge in [0.05, 0.1) is 28.1 Å². The Kier molecular flexibility index (Phi) is 12.0. The predicted octanol–water partition coefficient (Wildman–Crippen LogP) is 17.6. The van der Waals surface area contributed by atoms with Gasteiger partial charge in [-0.3, -0.25) is 13.8 Å². The molecule has 0 radical (unpaired) electrons. The molecular formula is C70H63N7S. The van der Waals surface area contributed by atoms with Crippen LogP contribution in [-0.2, 0) is 36.5 Å². The van der Waals surface area contributed by atoms with Crippen LogP contribution >= 0.6 is 11.3 Å². The molecule has 13 rings (SSSR count). The number of imidazole rings is 2. The summed E-state index contributed by atoms with van der Waals surface area (Å²) in [4.78, 5) is 25.6. The summed E-state index contributed by atoms with van der Waals surface area (Å²) in [6, 6.07) is 56.4. The Bertz CT molecular complexity index is 4340. The van der Waals surface area contributed by atoms with Crippen LogP contribution in [0.4, 0.5) is 0 Å². The minimum absolute atomic E-state index is 0.146. The molecule has 0 unspecified atom stereocenters. The van der Waals surface area contributed by atoms with Gasteiger partial charge in [0.2, 0.25) is 0 Å². The highest BCUT2D eigenvalue weighted by Gasteiger charge is 2.24. The third kappa shape index (κ3) is 9.11. The molecule has 0 saturated heterocycles. The molecule has 7 aromatic carbocycles. The zero-order chi connectivity index (χ0) is 53.6. The highest BCUT2D eigenvalue weighted by molar-refractivity contribution is 7.25. The zero-order valence-corrected chi connectivity index (χ0v) is 46.8. The van der Waals surface area contributed by atoms with E-state index in [9.17, 15) is 0 Å². The summed E-state index contributed by atoms with van der Waals surface area (Å²) in [6.45, 7) is 19.7. The van der Waals surface area contributed by atoms with Gasteiger partial charge in [-0.2, -0.15) is 0 Å². The molecule has 384 valence electrons. The molecule has 0 amide bonds. The first kappa shape index (κ1) is 49.3. The number of hydrogen-bond donors (Lipinski definition) is 0. The summed E-state index contributed by atoms with van der Waals surface area (Å²) < 4.78 is 6.99. The van der Waals surface area contributed by atoms with E-state index >= 15 is 0 Å². The van der Waals surface area contributed by atoms with Gasteiger partial charge in [-0.1, -0.05) is 145 Å². The second-order valence-electron chi connectivity index (χ2n) is 23.6. The predicted molar refractivity (Wildman–Crippen MR) is 326 cm³/mol. The number of thiophene rings is 1. The molecule has 0 saturated carbocycles. The number of hydrogen-bond acceptors (Lipinski definition) is 6. The van der Waals surface area contributed by atoms with Crippen molar-refractivity contribution in [2.75, 3.05) is 0 Å². The van der Waals surface area contributed by atoms with Crippen molar-refractivity contribution in [2.45, 2.75) is 98.8 Å².